The van der Waals surface area contributed by atoms with Crippen LogP contribution < -0.4 is 0 Å². The maximum Gasteiger partial charge on any atom is 0.238 e. The summed E-state index contributed by atoms with van der Waals surface area (Å²) >= 11 is 0. The monoisotopic (exact) mass is 702 g/mol. The zero-order valence-corrected chi connectivity index (χ0v) is 29.9. The Kier molecular flexibility index (Phi) is 8.12. The van der Waals surface area contributed by atoms with Gasteiger partial charge in [0.15, 0.2) is 11.6 Å². The SMILES string of the molecule is c1ccc(-c2ccc(-c3nc(-c4cccc(-c5ccccc5)c4)nc(-n4c5cc(-c6ccccc6)ccc5c5ccc(-c6ccccc6)cc54)n3)cc2)cc1. The average molecular weight is 703 g/mol. The van der Waals surface area contributed by atoms with Gasteiger partial charge >= 0.3 is 0 Å². The summed E-state index contributed by atoms with van der Waals surface area (Å²) in [6, 6.07) is 72.3. The highest BCUT2D eigenvalue weighted by Gasteiger charge is 2.20. The molecule has 0 aliphatic rings. The first-order valence-electron chi connectivity index (χ1n) is 18.5. The van der Waals surface area contributed by atoms with E-state index in [0.717, 1.165) is 77.4 Å². The molecule has 0 bridgehead atoms. The van der Waals surface area contributed by atoms with Gasteiger partial charge in [0.25, 0.3) is 0 Å². The molecule has 0 fully saturated rings. The minimum atomic E-state index is 0.563. The number of rotatable bonds is 7. The summed E-state index contributed by atoms with van der Waals surface area (Å²) in [6.07, 6.45) is 0. The molecule has 0 radical (unpaired) electrons. The molecule has 0 saturated heterocycles. The molecule has 0 spiro atoms. The normalized spacial score (nSPS) is 11.3. The van der Waals surface area contributed by atoms with Crippen molar-refractivity contribution in [1.82, 2.24) is 19.5 Å². The topological polar surface area (TPSA) is 43.6 Å². The molecule has 0 saturated carbocycles. The second-order valence-electron chi connectivity index (χ2n) is 13.7. The van der Waals surface area contributed by atoms with E-state index in [2.05, 4.69) is 199 Å². The third kappa shape index (κ3) is 6.16. The number of hydrogen-bond acceptors (Lipinski definition) is 3. The van der Waals surface area contributed by atoms with Gasteiger partial charge in [-0.1, -0.05) is 188 Å². The number of fused-ring (bicyclic) bond motifs is 3. The number of aromatic nitrogens is 4. The van der Waals surface area contributed by atoms with Crippen LogP contribution in [0, 0.1) is 0 Å². The fraction of sp³-hybridized carbons (Fsp3) is 0. The van der Waals surface area contributed by atoms with Gasteiger partial charge in [-0.2, -0.15) is 9.97 Å². The van der Waals surface area contributed by atoms with Crippen molar-refractivity contribution >= 4 is 21.8 Å². The van der Waals surface area contributed by atoms with E-state index in [4.69, 9.17) is 15.0 Å². The van der Waals surface area contributed by atoms with E-state index in [1.54, 1.807) is 0 Å². The fourth-order valence-electron chi connectivity index (χ4n) is 7.49. The Balaban J connectivity index is 1.23. The summed E-state index contributed by atoms with van der Waals surface area (Å²) in [5, 5.41) is 2.27. The predicted molar refractivity (Wildman–Crippen MR) is 227 cm³/mol. The van der Waals surface area contributed by atoms with Gasteiger partial charge in [0.2, 0.25) is 5.95 Å². The largest absolute Gasteiger partial charge is 0.278 e. The minimum Gasteiger partial charge on any atom is -0.278 e. The second kappa shape index (κ2) is 13.8. The molecular formula is C51H34N4. The molecule has 0 unspecified atom stereocenters. The van der Waals surface area contributed by atoms with Gasteiger partial charge in [0, 0.05) is 21.9 Å². The zero-order chi connectivity index (χ0) is 36.6. The van der Waals surface area contributed by atoms with Crippen LogP contribution in [-0.2, 0) is 0 Å². The lowest BCUT2D eigenvalue weighted by molar-refractivity contribution is 0.953. The Bertz CT molecular complexity index is 2840. The van der Waals surface area contributed by atoms with Crippen LogP contribution in [-0.4, -0.2) is 19.5 Å². The number of benzene rings is 8. The summed E-state index contributed by atoms with van der Waals surface area (Å²) < 4.78 is 2.22. The van der Waals surface area contributed by atoms with Gasteiger partial charge in [-0.15, -0.1) is 0 Å². The highest BCUT2D eigenvalue weighted by atomic mass is 15.2. The molecule has 4 heteroatoms. The molecule has 0 amide bonds. The maximum absolute atomic E-state index is 5.32. The van der Waals surface area contributed by atoms with Crippen molar-refractivity contribution in [3.8, 4) is 73.2 Å². The van der Waals surface area contributed by atoms with Crippen LogP contribution in [0.3, 0.4) is 0 Å². The van der Waals surface area contributed by atoms with Crippen LogP contribution in [0.2, 0.25) is 0 Å². The predicted octanol–water partition coefficient (Wildman–Crippen LogP) is 13.0. The maximum atomic E-state index is 5.32. The number of hydrogen-bond donors (Lipinski definition) is 0. The van der Waals surface area contributed by atoms with E-state index in [1.807, 2.05) is 12.1 Å². The van der Waals surface area contributed by atoms with E-state index in [9.17, 15) is 0 Å². The molecule has 0 aliphatic carbocycles. The van der Waals surface area contributed by atoms with Gasteiger partial charge in [-0.3, -0.25) is 4.57 Å². The first-order chi connectivity index (χ1) is 27.2. The average Bonchev–Trinajstić information content (AvgIpc) is 3.60. The van der Waals surface area contributed by atoms with Crippen LogP contribution >= 0.6 is 0 Å². The van der Waals surface area contributed by atoms with Gasteiger partial charge in [-0.25, -0.2) is 4.98 Å². The molecule has 4 nitrogen and oxygen atoms in total. The molecule has 0 atom stereocenters. The first kappa shape index (κ1) is 32.2. The van der Waals surface area contributed by atoms with Crippen molar-refractivity contribution in [1.29, 1.82) is 0 Å². The minimum absolute atomic E-state index is 0.563. The molecule has 0 aliphatic heterocycles. The van der Waals surface area contributed by atoms with E-state index in [0.29, 0.717) is 17.6 Å². The summed E-state index contributed by atoms with van der Waals surface area (Å²) in [5.74, 6) is 1.78. The van der Waals surface area contributed by atoms with Crippen LogP contribution in [0.5, 0.6) is 0 Å². The summed E-state index contributed by atoms with van der Waals surface area (Å²) in [7, 11) is 0. The van der Waals surface area contributed by atoms with E-state index >= 15 is 0 Å². The quantitative estimate of drug-likeness (QED) is 0.166. The Morgan fingerprint density at radius 2 is 0.600 bits per heavy atom. The van der Waals surface area contributed by atoms with E-state index in [1.165, 1.54) is 0 Å². The van der Waals surface area contributed by atoms with Crippen molar-refractivity contribution in [2.45, 2.75) is 0 Å². The lowest BCUT2D eigenvalue weighted by atomic mass is 10.0. The summed E-state index contributed by atoms with van der Waals surface area (Å²) in [6.45, 7) is 0. The van der Waals surface area contributed by atoms with Gasteiger partial charge in [-0.05, 0) is 62.7 Å². The van der Waals surface area contributed by atoms with E-state index < -0.39 is 0 Å². The Labute approximate surface area is 319 Å². The van der Waals surface area contributed by atoms with Gasteiger partial charge in [0.05, 0.1) is 11.0 Å². The molecular weight excluding hydrogens is 669 g/mol. The molecule has 258 valence electrons. The molecule has 0 N–H and O–H groups in total. The molecule has 2 aromatic heterocycles. The zero-order valence-electron chi connectivity index (χ0n) is 29.9. The van der Waals surface area contributed by atoms with Crippen molar-refractivity contribution in [2.24, 2.45) is 0 Å². The Hall–Kier alpha value is -7.43. The van der Waals surface area contributed by atoms with Gasteiger partial charge in [0.1, 0.15) is 0 Å². The summed E-state index contributed by atoms with van der Waals surface area (Å²) in [4.78, 5) is 15.8. The summed E-state index contributed by atoms with van der Waals surface area (Å²) in [5.41, 5.74) is 13.0. The molecule has 10 aromatic rings. The lowest BCUT2D eigenvalue weighted by Crippen LogP contribution is -2.06. The highest BCUT2D eigenvalue weighted by molar-refractivity contribution is 6.11. The standard InChI is InChI=1S/C51H34N4/c1-5-14-35(15-6-1)39-24-26-40(27-25-39)49-52-50(44-23-13-22-41(32-44)36-16-7-2-8-17-36)54-51(53-49)55-47-33-42(37-18-9-3-10-19-37)28-30-45(47)46-31-29-43(34-48(46)55)38-20-11-4-12-21-38/h1-34H. The third-order valence-electron chi connectivity index (χ3n) is 10.3. The van der Waals surface area contributed by atoms with Gasteiger partial charge < -0.3 is 0 Å². The highest BCUT2D eigenvalue weighted by Crippen LogP contribution is 2.37. The van der Waals surface area contributed by atoms with Crippen LogP contribution in [0.1, 0.15) is 0 Å². The Morgan fingerprint density at radius 1 is 0.255 bits per heavy atom. The van der Waals surface area contributed by atoms with Crippen LogP contribution in [0.25, 0.3) is 95.0 Å². The van der Waals surface area contributed by atoms with Crippen LogP contribution in [0.4, 0.5) is 0 Å². The first-order valence-corrected chi connectivity index (χ1v) is 18.5. The van der Waals surface area contributed by atoms with Crippen LogP contribution in [0.15, 0.2) is 206 Å². The number of nitrogens with zero attached hydrogens (tertiary/aromatic N) is 4. The molecule has 2 heterocycles. The lowest BCUT2D eigenvalue weighted by Gasteiger charge is -2.13. The van der Waals surface area contributed by atoms with Crippen molar-refractivity contribution < 1.29 is 0 Å². The van der Waals surface area contributed by atoms with E-state index in [-0.39, 0.29) is 0 Å². The van der Waals surface area contributed by atoms with Crippen molar-refractivity contribution in [3.63, 3.8) is 0 Å². The molecule has 8 aromatic carbocycles. The smallest absolute Gasteiger partial charge is 0.238 e. The molecule has 10 rings (SSSR count). The Morgan fingerprint density at radius 3 is 1.09 bits per heavy atom. The second-order valence-corrected chi connectivity index (χ2v) is 13.7. The molecule has 55 heavy (non-hydrogen) atoms. The fourth-order valence-corrected chi connectivity index (χ4v) is 7.49. The van der Waals surface area contributed by atoms with Crippen molar-refractivity contribution in [2.75, 3.05) is 0 Å². The third-order valence-corrected chi connectivity index (χ3v) is 10.3. The van der Waals surface area contributed by atoms with Crippen molar-refractivity contribution in [3.05, 3.63) is 206 Å².